The summed E-state index contributed by atoms with van der Waals surface area (Å²) in [5.74, 6) is 0.00220. The summed E-state index contributed by atoms with van der Waals surface area (Å²) in [6.45, 7) is 2.22. The number of unbranched alkanes of at least 4 members (excludes halogenated alkanes) is 3. The third-order valence-corrected chi connectivity index (χ3v) is 4.78. The topological polar surface area (TPSA) is 38.7 Å². The highest BCUT2D eigenvalue weighted by Gasteiger charge is 2.24. The van der Waals surface area contributed by atoms with Gasteiger partial charge >= 0.3 is 5.97 Å². The van der Waals surface area contributed by atoms with Gasteiger partial charge in [0.25, 0.3) is 0 Å². The summed E-state index contributed by atoms with van der Waals surface area (Å²) >= 11 is 1.57. The second-order valence-corrected chi connectivity index (χ2v) is 6.84. The molecule has 0 N–H and O–H groups in total. The minimum atomic E-state index is -0.387. The Kier molecular flexibility index (Phi) is 5.59. The van der Waals surface area contributed by atoms with Gasteiger partial charge in [-0.3, -0.25) is 0 Å². The van der Waals surface area contributed by atoms with E-state index in [1.165, 1.54) is 31.2 Å². The van der Waals surface area contributed by atoms with E-state index in [4.69, 9.17) is 4.74 Å². The number of rotatable bonds is 7. The Morgan fingerprint density at radius 1 is 1.12 bits per heavy atom. The zero-order valence-electron chi connectivity index (χ0n) is 13.8. The summed E-state index contributed by atoms with van der Waals surface area (Å²) in [6.07, 6.45) is 7.91. The van der Waals surface area contributed by atoms with E-state index in [0.29, 0.717) is 11.6 Å². The van der Waals surface area contributed by atoms with Gasteiger partial charge in [0.1, 0.15) is 0 Å². The van der Waals surface area contributed by atoms with Crippen LogP contribution in [0.4, 0.5) is 0 Å². The van der Waals surface area contributed by atoms with Crippen molar-refractivity contribution in [2.24, 2.45) is 4.99 Å². The average Bonchev–Trinajstić information content (AvgIpc) is 3.23. The Labute approximate surface area is 146 Å². The Morgan fingerprint density at radius 3 is 2.67 bits per heavy atom. The quantitative estimate of drug-likeness (QED) is 0.394. The molecule has 0 fully saturated rings. The average molecular weight is 339 g/mol. The van der Waals surface area contributed by atoms with Crippen LogP contribution in [0.3, 0.4) is 0 Å². The predicted molar refractivity (Wildman–Crippen MR) is 99.2 cm³/mol. The summed E-state index contributed by atoms with van der Waals surface area (Å²) in [7, 11) is 0. The third kappa shape index (κ3) is 4.20. The number of aliphatic imine (C=N–C) groups is 1. The SMILES string of the molecule is CCCCCCc1ccc(C2=N/C(=C\c3cccs3)C(=O)O2)cc1. The lowest BCUT2D eigenvalue weighted by Gasteiger charge is -2.03. The van der Waals surface area contributed by atoms with Crippen molar-refractivity contribution in [3.05, 3.63) is 63.5 Å². The highest BCUT2D eigenvalue weighted by Crippen LogP contribution is 2.21. The van der Waals surface area contributed by atoms with Crippen LogP contribution < -0.4 is 0 Å². The van der Waals surface area contributed by atoms with E-state index in [-0.39, 0.29) is 5.97 Å². The third-order valence-electron chi connectivity index (χ3n) is 3.96. The molecule has 0 spiro atoms. The minimum absolute atomic E-state index is 0.357. The first-order chi connectivity index (χ1) is 11.8. The Morgan fingerprint density at radius 2 is 1.96 bits per heavy atom. The van der Waals surface area contributed by atoms with Gasteiger partial charge in [-0.15, -0.1) is 11.3 Å². The number of esters is 1. The van der Waals surface area contributed by atoms with Gasteiger partial charge in [0.05, 0.1) is 0 Å². The van der Waals surface area contributed by atoms with Gasteiger partial charge in [-0.05, 0) is 48.1 Å². The first-order valence-corrected chi connectivity index (χ1v) is 9.29. The van der Waals surface area contributed by atoms with Crippen molar-refractivity contribution in [2.45, 2.75) is 39.0 Å². The van der Waals surface area contributed by atoms with E-state index in [2.05, 4.69) is 24.0 Å². The van der Waals surface area contributed by atoms with Crippen molar-refractivity contribution in [2.75, 3.05) is 0 Å². The summed E-state index contributed by atoms with van der Waals surface area (Å²) in [5.41, 5.74) is 2.51. The molecule has 3 nitrogen and oxygen atoms in total. The first kappa shape index (κ1) is 16.7. The van der Waals surface area contributed by atoms with E-state index in [0.717, 1.165) is 16.9 Å². The summed E-state index contributed by atoms with van der Waals surface area (Å²) in [5, 5.41) is 1.97. The van der Waals surface area contributed by atoms with E-state index >= 15 is 0 Å². The number of thiophene rings is 1. The molecule has 1 aromatic carbocycles. The minimum Gasteiger partial charge on any atom is -0.402 e. The molecule has 124 valence electrons. The fourth-order valence-electron chi connectivity index (χ4n) is 2.61. The molecular weight excluding hydrogens is 318 g/mol. The van der Waals surface area contributed by atoms with E-state index in [9.17, 15) is 4.79 Å². The van der Waals surface area contributed by atoms with Crippen LogP contribution in [-0.2, 0) is 16.0 Å². The van der Waals surface area contributed by atoms with Gasteiger partial charge in [-0.25, -0.2) is 9.79 Å². The molecule has 3 rings (SSSR count). The molecule has 2 heterocycles. The number of carbonyl (C=O) groups excluding carboxylic acids is 1. The van der Waals surface area contributed by atoms with Crippen LogP contribution >= 0.6 is 11.3 Å². The molecule has 0 unspecified atom stereocenters. The molecule has 2 aromatic rings. The van der Waals surface area contributed by atoms with Crippen molar-refractivity contribution in [3.8, 4) is 0 Å². The Balaban J connectivity index is 1.67. The number of cyclic esters (lactones) is 1. The smallest absolute Gasteiger partial charge is 0.363 e. The maximum absolute atomic E-state index is 12.0. The predicted octanol–water partition coefficient (Wildman–Crippen LogP) is 5.22. The number of aryl methyl sites for hydroxylation is 1. The molecule has 4 heteroatoms. The molecule has 0 aliphatic carbocycles. The summed E-state index contributed by atoms with van der Waals surface area (Å²) in [6, 6.07) is 12.1. The zero-order chi connectivity index (χ0) is 16.8. The fraction of sp³-hybridized carbons (Fsp3) is 0.300. The van der Waals surface area contributed by atoms with Gasteiger partial charge < -0.3 is 4.74 Å². The first-order valence-electron chi connectivity index (χ1n) is 8.41. The highest BCUT2D eigenvalue weighted by atomic mass is 32.1. The van der Waals surface area contributed by atoms with Crippen molar-refractivity contribution < 1.29 is 9.53 Å². The number of hydrogen-bond donors (Lipinski definition) is 0. The lowest BCUT2D eigenvalue weighted by Crippen LogP contribution is -2.05. The zero-order valence-corrected chi connectivity index (χ0v) is 14.6. The van der Waals surface area contributed by atoms with Gasteiger partial charge in [0.15, 0.2) is 5.70 Å². The number of ether oxygens (including phenoxy) is 1. The number of carbonyl (C=O) groups is 1. The molecule has 0 bridgehead atoms. The molecule has 1 aliphatic rings. The standard InChI is InChI=1S/C20H21NO2S/c1-2-3-4-5-7-15-9-11-16(12-10-15)19-21-18(20(22)23-19)14-17-8-6-13-24-17/h6,8-14H,2-5,7H2,1H3/b18-14-. The van der Waals surface area contributed by atoms with Crippen LogP contribution in [0.25, 0.3) is 6.08 Å². The Hall–Kier alpha value is -2.20. The fourth-order valence-corrected chi connectivity index (χ4v) is 3.26. The van der Waals surface area contributed by atoms with Gasteiger partial charge in [-0.2, -0.15) is 0 Å². The van der Waals surface area contributed by atoms with Crippen LogP contribution in [-0.4, -0.2) is 11.9 Å². The second-order valence-electron chi connectivity index (χ2n) is 5.86. The Bertz CT molecular complexity index is 742. The molecule has 0 saturated heterocycles. The van der Waals surface area contributed by atoms with Crippen LogP contribution in [0, 0.1) is 0 Å². The molecule has 1 aliphatic heterocycles. The van der Waals surface area contributed by atoms with Crippen LogP contribution in [0.5, 0.6) is 0 Å². The summed E-state index contributed by atoms with van der Waals surface area (Å²) < 4.78 is 5.31. The largest absolute Gasteiger partial charge is 0.402 e. The number of hydrogen-bond acceptors (Lipinski definition) is 4. The molecule has 0 radical (unpaired) electrons. The molecule has 0 saturated carbocycles. The van der Waals surface area contributed by atoms with Crippen LogP contribution in [0.1, 0.15) is 48.6 Å². The van der Waals surface area contributed by atoms with Gasteiger partial charge in [-0.1, -0.05) is 44.4 Å². The van der Waals surface area contributed by atoms with Crippen molar-refractivity contribution >= 4 is 29.3 Å². The van der Waals surface area contributed by atoms with Crippen molar-refractivity contribution in [1.29, 1.82) is 0 Å². The van der Waals surface area contributed by atoms with Crippen molar-refractivity contribution in [1.82, 2.24) is 0 Å². The van der Waals surface area contributed by atoms with Crippen molar-refractivity contribution in [3.63, 3.8) is 0 Å². The maximum atomic E-state index is 12.0. The maximum Gasteiger partial charge on any atom is 0.363 e. The second kappa shape index (κ2) is 8.06. The van der Waals surface area contributed by atoms with E-state index in [1.54, 1.807) is 17.4 Å². The lowest BCUT2D eigenvalue weighted by atomic mass is 10.0. The summed E-state index contributed by atoms with van der Waals surface area (Å²) in [4.78, 5) is 17.3. The normalized spacial score (nSPS) is 15.6. The molecule has 0 amide bonds. The lowest BCUT2D eigenvalue weighted by molar-refractivity contribution is -0.129. The van der Waals surface area contributed by atoms with Gasteiger partial charge in [0.2, 0.25) is 5.90 Å². The molecule has 0 atom stereocenters. The van der Waals surface area contributed by atoms with E-state index in [1.807, 2.05) is 29.6 Å². The van der Waals surface area contributed by atoms with Crippen LogP contribution in [0.15, 0.2) is 52.5 Å². The van der Waals surface area contributed by atoms with E-state index < -0.39 is 0 Å². The number of benzene rings is 1. The molecule has 24 heavy (non-hydrogen) atoms. The number of nitrogens with zero attached hydrogens (tertiary/aromatic N) is 1. The molecular formula is C20H21NO2S. The highest BCUT2D eigenvalue weighted by molar-refractivity contribution is 7.10. The monoisotopic (exact) mass is 339 g/mol. The van der Waals surface area contributed by atoms with Crippen LogP contribution in [0.2, 0.25) is 0 Å². The van der Waals surface area contributed by atoms with Gasteiger partial charge in [0, 0.05) is 10.4 Å². The molecule has 1 aromatic heterocycles.